The van der Waals surface area contributed by atoms with E-state index in [-0.39, 0.29) is 18.3 Å². The van der Waals surface area contributed by atoms with E-state index in [9.17, 15) is 14.7 Å². The fourth-order valence-electron chi connectivity index (χ4n) is 4.48. The number of ether oxygens (including phenoxy) is 4. The minimum atomic E-state index is -1.07. The van der Waals surface area contributed by atoms with Crippen molar-refractivity contribution < 1.29 is 33.6 Å². The maximum absolute atomic E-state index is 12.3. The number of carbonyl (C=O) groups is 2. The minimum Gasteiger partial charge on any atom is -0.490 e. The fourth-order valence-corrected chi connectivity index (χ4v) is 4.48. The molecule has 0 atom stereocenters. The summed E-state index contributed by atoms with van der Waals surface area (Å²) in [6.07, 6.45) is 3.19. The van der Waals surface area contributed by atoms with Gasteiger partial charge in [0.25, 0.3) is 0 Å². The molecule has 2 aliphatic heterocycles. The number of nitrogens with zero attached hydrogens (tertiary/aromatic N) is 4. The summed E-state index contributed by atoms with van der Waals surface area (Å²) in [4.78, 5) is 34.7. The Bertz CT molecular complexity index is 876. The maximum atomic E-state index is 12.3. The lowest BCUT2D eigenvalue weighted by Crippen LogP contribution is -2.51. The second kappa shape index (κ2) is 13.8. The summed E-state index contributed by atoms with van der Waals surface area (Å²) in [5.74, 6) is 0.532. The average Bonchev–Trinajstić information content (AvgIpc) is 2.86. The van der Waals surface area contributed by atoms with Crippen LogP contribution < -0.4 is 9.64 Å². The summed E-state index contributed by atoms with van der Waals surface area (Å²) in [6.45, 7) is 13.0. The maximum Gasteiger partial charge on any atom is 0.410 e. The van der Waals surface area contributed by atoms with E-state index in [1.165, 1.54) is 6.20 Å². The molecule has 0 aromatic carbocycles. The second-order valence-corrected chi connectivity index (χ2v) is 10.5. The van der Waals surface area contributed by atoms with Crippen molar-refractivity contribution in [2.75, 3.05) is 84.3 Å². The largest absolute Gasteiger partial charge is 0.490 e. The van der Waals surface area contributed by atoms with Gasteiger partial charge in [-0.05, 0) is 39.5 Å². The van der Waals surface area contributed by atoms with Crippen molar-refractivity contribution in [2.45, 2.75) is 39.2 Å². The Labute approximate surface area is 219 Å². The molecule has 2 fully saturated rings. The molecule has 0 saturated carbocycles. The number of rotatable bonds is 11. The first-order valence-electron chi connectivity index (χ1n) is 13.0. The third-order valence-corrected chi connectivity index (χ3v) is 6.48. The van der Waals surface area contributed by atoms with E-state index >= 15 is 0 Å². The summed E-state index contributed by atoms with van der Waals surface area (Å²) in [5.41, 5.74) is -0.433. The second-order valence-electron chi connectivity index (χ2n) is 10.5. The molecule has 11 heteroatoms. The predicted octanol–water partition coefficient (Wildman–Crippen LogP) is 2.59. The average molecular weight is 523 g/mol. The van der Waals surface area contributed by atoms with Gasteiger partial charge in [0, 0.05) is 65.2 Å². The zero-order valence-corrected chi connectivity index (χ0v) is 22.6. The molecule has 3 rings (SSSR count). The number of piperazine rings is 1. The summed E-state index contributed by atoms with van der Waals surface area (Å²) in [5, 5.41) is 9.51. The van der Waals surface area contributed by atoms with Crippen LogP contribution in [0.1, 0.15) is 44.0 Å². The Kier molecular flexibility index (Phi) is 10.8. The van der Waals surface area contributed by atoms with Gasteiger partial charge in [-0.2, -0.15) is 0 Å². The van der Waals surface area contributed by atoms with Crippen molar-refractivity contribution >= 4 is 17.9 Å². The van der Waals surface area contributed by atoms with Crippen LogP contribution >= 0.6 is 0 Å². The summed E-state index contributed by atoms with van der Waals surface area (Å²) in [7, 11) is 1.61. The lowest BCUT2D eigenvalue weighted by molar-refractivity contribution is 0.0130. The van der Waals surface area contributed by atoms with Crippen molar-refractivity contribution in [1.29, 1.82) is 0 Å². The molecule has 2 saturated heterocycles. The number of carboxylic acids is 1. The van der Waals surface area contributed by atoms with Gasteiger partial charge in [-0.15, -0.1) is 0 Å². The van der Waals surface area contributed by atoms with Crippen LogP contribution in [-0.2, 0) is 14.2 Å². The van der Waals surface area contributed by atoms with Crippen molar-refractivity contribution in [3.8, 4) is 5.75 Å². The number of amides is 1. The predicted molar refractivity (Wildman–Crippen MR) is 139 cm³/mol. The Morgan fingerprint density at radius 1 is 1.03 bits per heavy atom. The van der Waals surface area contributed by atoms with Gasteiger partial charge in [0.15, 0.2) is 0 Å². The van der Waals surface area contributed by atoms with Crippen molar-refractivity contribution in [1.82, 2.24) is 14.8 Å². The minimum absolute atomic E-state index is 0.0426. The smallest absolute Gasteiger partial charge is 0.410 e. The first kappa shape index (κ1) is 28.9. The molecule has 1 aromatic heterocycles. The topological polar surface area (TPSA) is 114 Å². The highest BCUT2D eigenvalue weighted by molar-refractivity contribution is 5.90. The van der Waals surface area contributed by atoms with Crippen LogP contribution in [0.15, 0.2) is 12.3 Å². The molecule has 1 aromatic rings. The highest BCUT2D eigenvalue weighted by Crippen LogP contribution is 2.28. The van der Waals surface area contributed by atoms with Crippen molar-refractivity contribution in [3.05, 3.63) is 17.8 Å². The first-order valence-corrected chi connectivity index (χ1v) is 13.0. The van der Waals surface area contributed by atoms with Crippen LogP contribution in [0.5, 0.6) is 5.75 Å². The van der Waals surface area contributed by atoms with Crippen molar-refractivity contribution in [2.24, 2.45) is 5.92 Å². The molecule has 0 aliphatic carbocycles. The van der Waals surface area contributed by atoms with Gasteiger partial charge in [-0.3, -0.25) is 4.90 Å². The van der Waals surface area contributed by atoms with Crippen LogP contribution in [-0.4, -0.2) is 117 Å². The van der Waals surface area contributed by atoms with E-state index in [1.54, 1.807) is 18.1 Å². The standard InChI is InChI=1S/C26H42N4O7/c1-26(2,3)37-25(33)30-11-9-28(10-12-30)19-20-5-7-29(8-6-20)23-17-22(21(18-27-23)24(31)32)36-16-15-35-14-13-34-4/h17-18,20H,5-16,19H2,1-4H3,(H,31,32). The molecule has 37 heavy (non-hydrogen) atoms. The molecule has 2 aliphatic rings. The highest BCUT2D eigenvalue weighted by Gasteiger charge is 2.28. The van der Waals surface area contributed by atoms with E-state index in [0.717, 1.165) is 51.4 Å². The number of aromatic carboxylic acids is 1. The molecule has 0 unspecified atom stereocenters. The van der Waals surface area contributed by atoms with Gasteiger partial charge in [-0.25, -0.2) is 14.6 Å². The molecule has 0 spiro atoms. The number of carbonyl (C=O) groups excluding carboxylic acids is 1. The van der Waals surface area contributed by atoms with E-state index in [2.05, 4.69) is 14.8 Å². The number of aromatic nitrogens is 1. The SMILES string of the molecule is COCCOCCOc1cc(N2CCC(CN3CCN(C(=O)OC(C)(C)C)CC3)CC2)ncc1C(=O)O. The van der Waals surface area contributed by atoms with E-state index in [4.69, 9.17) is 18.9 Å². The van der Waals surface area contributed by atoms with Gasteiger partial charge < -0.3 is 33.9 Å². The molecule has 11 nitrogen and oxygen atoms in total. The Balaban J connectivity index is 1.45. The Morgan fingerprint density at radius 3 is 2.32 bits per heavy atom. The molecular formula is C26H42N4O7. The summed E-state index contributed by atoms with van der Waals surface area (Å²) < 4.78 is 21.6. The lowest BCUT2D eigenvalue weighted by atomic mass is 9.96. The number of methoxy groups -OCH3 is 1. The van der Waals surface area contributed by atoms with Crippen molar-refractivity contribution in [3.63, 3.8) is 0 Å². The zero-order valence-electron chi connectivity index (χ0n) is 22.6. The van der Waals surface area contributed by atoms with Gasteiger partial charge in [0.1, 0.15) is 29.3 Å². The van der Waals surface area contributed by atoms with Crippen LogP contribution in [0, 0.1) is 5.92 Å². The number of carboxylic acid groups (broad SMARTS) is 1. The van der Waals surface area contributed by atoms with Gasteiger partial charge in [0.05, 0.1) is 19.8 Å². The van der Waals surface area contributed by atoms with Gasteiger partial charge in [0.2, 0.25) is 0 Å². The zero-order chi connectivity index (χ0) is 26.8. The Hall–Kier alpha value is -2.63. The van der Waals surface area contributed by atoms with Gasteiger partial charge in [-0.1, -0.05) is 0 Å². The molecule has 1 amide bonds. The third kappa shape index (κ3) is 9.32. The fraction of sp³-hybridized carbons (Fsp3) is 0.731. The Morgan fingerprint density at radius 2 is 1.70 bits per heavy atom. The lowest BCUT2D eigenvalue weighted by Gasteiger charge is -2.39. The van der Waals surface area contributed by atoms with Gasteiger partial charge >= 0.3 is 12.1 Å². The van der Waals surface area contributed by atoms with Crippen LogP contribution in [0.25, 0.3) is 0 Å². The monoisotopic (exact) mass is 522 g/mol. The number of pyridine rings is 1. The van der Waals surface area contributed by atoms with Crippen LogP contribution in [0.2, 0.25) is 0 Å². The highest BCUT2D eigenvalue weighted by atomic mass is 16.6. The molecule has 3 heterocycles. The van der Waals surface area contributed by atoms with E-state index < -0.39 is 11.6 Å². The summed E-state index contributed by atoms with van der Waals surface area (Å²) in [6, 6.07) is 1.72. The normalized spacial score (nSPS) is 17.6. The van der Waals surface area contributed by atoms with E-state index in [0.29, 0.717) is 44.6 Å². The third-order valence-electron chi connectivity index (χ3n) is 6.48. The number of anilines is 1. The van der Waals surface area contributed by atoms with Crippen LogP contribution in [0.3, 0.4) is 0 Å². The van der Waals surface area contributed by atoms with Crippen LogP contribution in [0.4, 0.5) is 10.6 Å². The number of hydrogen-bond donors (Lipinski definition) is 1. The number of piperidine rings is 1. The first-order chi connectivity index (χ1) is 17.7. The summed E-state index contributed by atoms with van der Waals surface area (Å²) >= 11 is 0. The molecule has 0 bridgehead atoms. The number of hydrogen-bond acceptors (Lipinski definition) is 9. The van der Waals surface area contributed by atoms with E-state index in [1.807, 2.05) is 20.8 Å². The molecule has 208 valence electrons. The molecular weight excluding hydrogens is 480 g/mol. The molecule has 0 radical (unpaired) electrons. The molecule has 1 N–H and O–H groups in total. The quantitative estimate of drug-likeness (QED) is 0.435.